The van der Waals surface area contributed by atoms with Crippen LogP contribution in [0, 0.1) is 0 Å². The molecule has 1 amide bonds. The number of carbonyl (C=O) groups is 1. The predicted molar refractivity (Wildman–Crippen MR) is 88.6 cm³/mol. The van der Waals surface area contributed by atoms with E-state index >= 15 is 0 Å². The number of ether oxygens (including phenoxy) is 1. The summed E-state index contributed by atoms with van der Waals surface area (Å²) in [5.74, 6) is -0.00471. The van der Waals surface area contributed by atoms with Gasteiger partial charge in [-0.05, 0) is 18.4 Å². The normalized spacial score (nSPS) is 11.5. The number of carbonyl (C=O) groups excluding carboxylic acids is 1. The fraction of sp³-hybridized carbons (Fsp3) is 0.562. The highest BCUT2D eigenvalue weighted by Gasteiger charge is 2.10. The summed E-state index contributed by atoms with van der Waals surface area (Å²) in [4.78, 5) is 11.7. The van der Waals surface area contributed by atoms with Crippen molar-refractivity contribution in [3.8, 4) is 0 Å². The quantitative estimate of drug-likeness (QED) is 0.653. The number of rotatable bonds is 10. The van der Waals surface area contributed by atoms with Crippen molar-refractivity contribution in [2.45, 2.75) is 38.6 Å². The fourth-order valence-corrected chi connectivity index (χ4v) is 1.84. The summed E-state index contributed by atoms with van der Waals surface area (Å²) in [6.07, 6.45) is 3.41. The molecule has 4 nitrogen and oxygen atoms in total. The minimum atomic E-state index is -0.239. The molecule has 0 spiro atoms. The first kappa shape index (κ1) is 19.9. The number of hydrogen-bond donors (Lipinski definition) is 2. The molecule has 0 saturated heterocycles. The van der Waals surface area contributed by atoms with Gasteiger partial charge < -0.3 is 15.8 Å². The van der Waals surface area contributed by atoms with Gasteiger partial charge in [-0.2, -0.15) is 0 Å². The average Bonchev–Trinajstić information content (AvgIpc) is 2.47. The Bertz CT molecular complexity index is 374. The van der Waals surface area contributed by atoms with Crippen LogP contribution in [0.25, 0.3) is 0 Å². The summed E-state index contributed by atoms with van der Waals surface area (Å²) < 4.78 is 5.43. The number of hydrogen-bond acceptors (Lipinski definition) is 3. The van der Waals surface area contributed by atoms with Crippen molar-refractivity contribution < 1.29 is 9.53 Å². The molecule has 120 valence electrons. The van der Waals surface area contributed by atoms with Crippen LogP contribution in [0.3, 0.4) is 0 Å². The minimum Gasteiger partial charge on any atom is -0.381 e. The van der Waals surface area contributed by atoms with Gasteiger partial charge in [0.15, 0.2) is 0 Å². The topological polar surface area (TPSA) is 64.3 Å². The zero-order valence-electron chi connectivity index (χ0n) is 12.7. The largest absolute Gasteiger partial charge is 0.381 e. The van der Waals surface area contributed by atoms with Crippen LogP contribution in [-0.4, -0.2) is 25.7 Å². The zero-order chi connectivity index (χ0) is 14.6. The second-order valence-electron chi connectivity index (χ2n) is 4.89. The number of amides is 1. The number of benzene rings is 1. The van der Waals surface area contributed by atoms with Gasteiger partial charge in [0.25, 0.3) is 0 Å². The summed E-state index contributed by atoms with van der Waals surface area (Å²) in [6.45, 7) is 4.29. The number of halogens is 1. The average molecular weight is 315 g/mol. The summed E-state index contributed by atoms with van der Waals surface area (Å²) in [5.41, 5.74) is 6.99. The Labute approximate surface area is 133 Å². The smallest absolute Gasteiger partial charge is 0.221 e. The van der Waals surface area contributed by atoms with Crippen molar-refractivity contribution in [3.05, 3.63) is 35.9 Å². The van der Waals surface area contributed by atoms with Crippen LogP contribution in [0.4, 0.5) is 0 Å². The Morgan fingerprint density at radius 2 is 1.90 bits per heavy atom. The molecule has 3 N–H and O–H groups in total. The molecule has 1 atom stereocenters. The summed E-state index contributed by atoms with van der Waals surface area (Å²) in [5, 5.41) is 2.88. The maximum atomic E-state index is 11.7. The number of nitrogens with two attached hydrogens (primary N) is 1. The van der Waals surface area contributed by atoms with Gasteiger partial charge in [-0.1, -0.05) is 43.7 Å². The highest BCUT2D eigenvalue weighted by Crippen LogP contribution is 2.12. The van der Waals surface area contributed by atoms with Crippen molar-refractivity contribution in [2.75, 3.05) is 19.8 Å². The molecule has 0 fully saturated rings. The number of unbranched alkanes of at least 4 members (excludes halogenated alkanes) is 1. The second kappa shape index (κ2) is 12.6. The molecule has 0 heterocycles. The minimum absolute atomic E-state index is 0. The van der Waals surface area contributed by atoms with Crippen LogP contribution in [0.15, 0.2) is 30.3 Å². The first-order valence-electron chi connectivity index (χ1n) is 7.39. The van der Waals surface area contributed by atoms with Crippen LogP contribution >= 0.6 is 12.4 Å². The van der Waals surface area contributed by atoms with Crippen LogP contribution in [0.2, 0.25) is 0 Å². The molecule has 1 aromatic carbocycles. The van der Waals surface area contributed by atoms with Gasteiger partial charge in [0, 0.05) is 32.2 Å². The first-order chi connectivity index (χ1) is 9.74. The summed E-state index contributed by atoms with van der Waals surface area (Å²) in [7, 11) is 0. The lowest BCUT2D eigenvalue weighted by Gasteiger charge is -2.12. The highest BCUT2D eigenvalue weighted by molar-refractivity contribution is 5.85. The number of nitrogens with one attached hydrogen (secondary N) is 1. The zero-order valence-corrected chi connectivity index (χ0v) is 13.5. The SMILES string of the molecule is CCCCOCCCNC(=O)CC(N)c1ccccc1.Cl. The van der Waals surface area contributed by atoms with E-state index in [4.69, 9.17) is 10.5 Å². The van der Waals surface area contributed by atoms with E-state index in [0.717, 1.165) is 31.4 Å². The molecule has 0 bridgehead atoms. The molecule has 1 unspecified atom stereocenters. The molecule has 0 aliphatic rings. The van der Waals surface area contributed by atoms with Crippen molar-refractivity contribution in [3.63, 3.8) is 0 Å². The van der Waals surface area contributed by atoms with Gasteiger partial charge in [-0.3, -0.25) is 4.79 Å². The summed E-state index contributed by atoms with van der Waals surface area (Å²) in [6, 6.07) is 9.45. The molecule has 0 aliphatic heterocycles. The molecular formula is C16H27ClN2O2. The van der Waals surface area contributed by atoms with Crippen molar-refractivity contribution in [1.29, 1.82) is 0 Å². The molecule has 5 heteroatoms. The predicted octanol–water partition coefficient (Wildman–Crippen LogP) is 2.82. The van der Waals surface area contributed by atoms with E-state index in [9.17, 15) is 4.79 Å². The maximum Gasteiger partial charge on any atom is 0.221 e. The Morgan fingerprint density at radius 1 is 1.24 bits per heavy atom. The fourth-order valence-electron chi connectivity index (χ4n) is 1.84. The monoisotopic (exact) mass is 314 g/mol. The van der Waals surface area contributed by atoms with E-state index in [-0.39, 0.29) is 24.4 Å². The van der Waals surface area contributed by atoms with Crippen LogP contribution in [-0.2, 0) is 9.53 Å². The van der Waals surface area contributed by atoms with Crippen LogP contribution in [0.5, 0.6) is 0 Å². The lowest BCUT2D eigenvalue weighted by atomic mass is 10.0. The van der Waals surface area contributed by atoms with Gasteiger partial charge in [0.1, 0.15) is 0 Å². The van der Waals surface area contributed by atoms with Crippen molar-refractivity contribution in [2.24, 2.45) is 5.73 Å². The first-order valence-corrected chi connectivity index (χ1v) is 7.39. The third-order valence-electron chi connectivity index (χ3n) is 3.06. The van der Waals surface area contributed by atoms with Gasteiger partial charge >= 0.3 is 0 Å². The molecule has 0 aromatic heterocycles. The van der Waals surface area contributed by atoms with E-state index in [0.29, 0.717) is 19.6 Å². The molecule has 1 aromatic rings. The van der Waals surface area contributed by atoms with E-state index in [1.165, 1.54) is 0 Å². The van der Waals surface area contributed by atoms with Crippen molar-refractivity contribution >= 4 is 18.3 Å². The molecule has 1 rings (SSSR count). The molecule has 0 aliphatic carbocycles. The van der Waals surface area contributed by atoms with E-state index in [2.05, 4.69) is 12.2 Å². The van der Waals surface area contributed by atoms with Gasteiger partial charge in [-0.15, -0.1) is 12.4 Å². The molecule has 0 radical (unpaired) electrons. The lowest BCUT2D eigenvalue weighted by molar-refractivity contribution is -0.121. The third-order valence-corrected chi connectivity index (χ3v) is 3.06. The molecule has 0 saturated carbocycles. The molecular weight excluding hydrogens is 288 g/mol. The Kier molecular flexibility index (Phi) is 12.0. The summed E-state index contributed by atoms with van der Waals surface area (Å²) >= 11 is 0. The third kappa shape index (κ3) is 9.45. The van der Waals surface area contributed by atoms with Crippen molar-refractivity contribution in [1.82, 2.24) is 5.32 Å². The maximum absolute atomic E-state index is 11.7. The van der Waals surface area contributed by atoms with Gasteiger partial charge in [0.2, 0.25) is 5.91 Å². The van der Waals surface area contributed by atoms with E-state index in [1.807, 2.05) is 30.3 Å². The Morgan fingerprint density at radius 3 is 2.57 bits per heavy atom. The van der Waals surface area contributed by atoms with E-state index < -0.39 is 0 Å². The Hall–Kier alpha value is -1.10. The lowest BCUT2D eigenvalue weighted by Crippen LogP contribution is -2.28. The van der Waals surface area contributed by atoms with E-state index in [1.54, 1.807) is 0 Å². The van der Waals surface area contributed by atoms with Crippen LogP contribution in [0.1, 0.15) is 44.2 Å². The molecule has 21 heavy (non-hydrogen) atoms. The van der Waals surface area contributed by atoms with Gasteiger partial charge in [-0.25, -0.2) is 0 Å². The van der Waals surface area contributed by atoms with Crippen LogP contribution < -0.4 is 11.1 Å². The highest BCUT2D eigenvalue weighted by atomic mass is 35.5. The Balaban J connectivity index is 0.00000400. The van der Waals surface area contributed by atoms with Gasteiger partial charge in [0.05, 0.1) is 0 Å². The second-order valence-corrected chi connectivity index (χ2v) is 4.89. The standard InChI is InChI=1S/C16H26N2O2.ClH/c1-2-3-11-20-12-7-10-18-16(19)13-15(17)14-8-5-4-6-9-14;/h4-6,8-9,15H,2-3,7,10-13,17H2,1H3,(H,18,19);1H.